The summed E-state index contributed by atoms with van der Waals surface area (Å²) in [4.78, 5) is 4.57. The number of aromatic nitrogens is 9. The summed E-state index contributed by atoms with van der Waals surface area (Å²) in [6.45, 7) is -2.90. The molecule has 0 aliphatic heterocycles. The second-order valence-electron chi connectivity index (χ2n) is 9.11. The second-order valence-corrected chi connectivity index (χ2v) is 9.91. The fourth-order valence-corrected chi connectivity index (χ4v) is 4.92. The second kappa shape index (κ2) is 11.4. The molecule has 2 aromatic carbocycles. The van der Waals surface area contributed by atoms with Gasteiger partial charge in [-0.25, -0.2) is 4.39 Å². The Morgan fingerprint density at radius 3 is 2.45 bits per heavy atom. The third-order valence-corrected chi connectivity index (χ3v) is 7.07. The molecule has 0 saturated carbocycles. The Morgan fingerprint density at radius 2 is 1.76 bits per heavy atom. The Kier molecular flexibility index (Phi) is 7.45. The normalized spacial score (nSPS) is 13.0. The fourth-order valence-electron chi connectivity index (χ4n) is 4.62. The first kappa shape index (κ1) is 27.6. The molecule has 212 valence electrons. The summed E-state index contributed by atoms with van der Waals surface area (Å²) in [5.41, 5.74) is 2.20. The third-order valence-electron chi connectivity index (χ3n) is 6.59. The third kappa shape index (κ3) is 5.13. The molecule has 2 atom stereocenters. The molecule has 4 aromatic heterocycles. The highest BCUT2D eigenvalue weighted by atomic mass is 35.5. The maximum absolute atomic E-state index is 15.4. The lowest BCUT2D eigenvalue weighted by atomic mass is 9.98. The zero-order chi connectivity index (χ0) is 29.4. The highest BCUT2D eigenvalue weighted by Gasteiger charge is 2.29. The van der Waals surface area contributed by atoms with Crippen LogP contribution in [0.3, 0.4) is 0 Å². The zero-order valence-electron chi connectivity index (χ0n) is 21.2. The molecule has 4 heterocycles. The number of aromatic amines is 1. The molecule has 0 fully saturated rings. The molecule has 0 radical (unpaired) electrons. The van der Waals surface area contributed by atoms with Crippen LogP contribution in [0.25, 0.3) is 28.1 Å². The summed E-state index contributed by atoms with van der Waals surface area (Å²) >= 11 is 12.1. The van der Waals surface area contributed by atoms with Gasteiger partial charge in [-0.05, 0) is 35.4 Å². The van der Waals surface area contributed by atoms with E-state index in [1.165, 1.54) is 46.4 Å². The monoisotopic (exact) mass is 612 g/mol. The van der Waals surface area contributed by atoms with Gasteiger partial charge >= 0.3 is 11.7 Å². The molecule has 15 heteroatoms. The van der Waals surface area contributed by atoms with Crippen LogP contribution in [0.1, 0.15) is 30.0 Å². The molecule has 0 aliphatic carbocycles. The van der Waals surface area contributed by atoms with Gasteiger partial charge in [-0.3, -0.25) is 9.67 Å². The van der Waals surface area contributed by atoms with Crippen molar-refractivity contribution in [3.8, 4) is 28.1 Å². The first-order valence-corrected chi connectivity index (χ1v) is 13.1. The molecular weight excluding hydrogens is 594 g/mol. The standard InChI is InChI=1S/C27H18Cl2F3N9O/c28-18-7-9-20(39-14-22(29)36-38-39)23(24(18)30)16-6-8-19(33-10-16)25(26(42)15-4-2-1-3-5-15)40-13-17(11-35-40)21-12-34-37-41(21)27(31)32/h1-14,25-27,42H/p+1/t25-,26-/m0/s1. The summed E-state index contributed by atoms with van der Waals surface area (Å²) in [6.07, 6.45) is 5.85. The van der Waals surface area contributed by atoms with Gasteiger partial charge in [-0.15, -0.1) is 9.78 Å². The summed E-state index contributed by atoms with van der Waals surface area (Å²) < 4.78 is 45.6. The molecule has 0 spiro atoms. The van der Waals surface area contributed by atoms with E-state index in [0.29, 0.717) is 32.8 Å². The summed E-state index contributed by atoms with van der Waals surface area (Å²) in [7, 11) is 0. The Hall–Kier alpha value is -4.59. The van der Waals surface area contributed by atoms with Crippen LogP contribution in [0.2, 0.25) is 10.2 Å². The van der Waals surface area contributed by atoms with Gasteiger partial charge in [-0.1, -0.05) is 58.4 Å². The molecular formula is C27H19Cl2F3N9O+. The van der Waals surface area contributed by atoms with Gasteiger partial charge < -0.3 is 5.11 Å². The van der Waals surface area contributed by atoms with Crippen LogP contribution in [0, 0.1) is 5.82 Å². The van der Waals surface area contributed by atoms with Crippen LogP contribution in [-0.2, 0) is 0 Å². The minimum atomic E-state index is -2.90. The van der Waals surface area contributed by atoms with Crippen molar-refractivity contribution < 1.29 is 23.0 Å². The number of pyridine rings is 1. The minimum absolute atomic E-state index is 0.0490. The van der Waals surface area contributed by atoms with E-state index in [4.69, 9.17) is 23.2 Å². The van der Waals surface area contributed by atoms with Crippen molar-refractivity contribution in [2.24, 2.45) is 0 Å². The number of H-pyrrole nitrogens is 1. The number of hydrogen-bond acceptors (Lipinski definition) is 6. The number of hydrogen-bond donors (Lipinski definition) is 2. The van der Waals surface area contributed by atoms with Crippen molar-refractivity contribution in [1.82, 2.24) is 40.1 Å². The van der Waals surface area contributed by atoms with Crippen molar-refractivity contribution in [2.75, 3.05) is 0 Å². The van der Waals surface area contributed by atoms with Gasteiger partial charge in [0.05, 0.1) is 39.5 Å². The number of halogens is 5. The van der Waals surface area contributed by atoms with Crippen LogP contribution < -0.4 is 4.68 Å². The quantitative estimate of drug-likeness (QED) is 0.223. The topological polar surface area (TPSA) is 114 Å². The zero-order valence-corrected chi connectivity index (χ0v) is 22.7. The lowest BCUT2D eigenvalue weighted by Gasteiger charge is -2.24. The smallest absolute Gasteiger partial charge is 0.335 e. The van der Waals surface area contributed by atoms with Crippen molar-refractivity contribution in [3.63, 3.8) is 0 Å². The van der Waals surface area contributed by atoms with Crippen LogP contribution in [-0.4, -0.2) is 45.2 Å². The number of alkyl halides is 2. The Labute approximate surface area is 245 Å². The van der Waals surface area contributed by atoms with E-state index in [-0.39, 0.29) is 21.4 Å². The van der Waals surface area contributed by atoms with Crippen LogP contribution in [0.4, 0.5) is 13.2 Å². The average molecular weight is 613 g/mol. The van der Waals surface area contributed by atoms with Crippen LogP contribution >= 0.6 is 23.2 Å². The lowest BCUT2D eigenvalue weighted by Crippen LogP contribution is -2.33. The van der Waals surface area contributed by atoms with Gasteiger partial charge in [0.15, 0.2) is 17.7 Å². The Balaban J connectivity index is 1.43. The van der Waals surface area contributed by atoms with Gasteiger partial charge in [0.25, 0.3) is 0 Å². The molecule has 0 bridgehead atoms. The highest BCUT2D eigenvalue weighted by Crippen LogP contribution is 2.35. The van der Waals surface area contributed by atoms with Gasteiger partial charge in [0.1, 0.15) is 12.1 Å². The Bertz CT molecular complexity index is 1840. The molecule has 0 aliphatic rings. The number of aliphatic hydroxyl groups is 1. The van der Waals surface area contributed by atoms with E-state index in [2.05, 4.69) is 30.7 Å². The SMILES string of the molecule is O[C@@H](c1ccccc1)[C@H](c1ccc(-c2c(-[n+]3cc(Cl)n[nH]3)ccc(Cl)c2F)cn1)n1cc(-c2cnnn2C(F)F)cn1. The van der Waals surface area contributed by atoms with Crippen LogP contribution in [0.15, 0.2) is 85.6 Å². The first-order chi connectivity index (χ1) is 20.3. The molecule has 2 N–H and O–H groups in total. The average Bonchev–Trinajstić information content (AvgIpc) is 3.77. The largest absolute Gasteiger partial charge is 0.386 e. The molecule has 10 nitrogen and oxygen atoms in total. The first-order valence-electron chi connectivity index (χ1n) is 12.3. The van der Waals surface area contributed by atoms with E-state index < -0.39 is 24.5 Å². The van der Waals surface area contributed by atoms with Crippen molar-refractivity contribution in [3.05, 3.63) is 113 Å². The van der Waals surface area contributed by atoms with Crippen molar-refractivity contribution >= 4 is 23.2 Å². The predicted molar refractivity (Wildman–Crippen MR) is 145 cm³/mol. The van der Waals surface area contributed by atoms with E-state index in [9.17, 15) is 13.9 Å². The molecule has 42 heavy (non-hydrogen) atoms. The van der Waals surface area contributed by atoms with Crippen molar-refractivity contribution in [2.45, 2.75) is 18.7 Å². The van der Waals surface area contributed by atoms with E-state index in [1.54, 1.807) is 42.5 Å². The molecule has 0 saturated heterocycles. The van der Waals surface area contributed by atoms with E-state index in [1.807, 2.05) is 6.07 Å². The maximum Gasteiger partial charge on any atom is 0.335 e. The number of aliphatic hydroxyl groups excluding tert-OH is 1. The number of nitrogens with zero attached hydrogens (tertiary/aromatic N) is 8. The molecule has 0 unspecified atom stereocenters. The lowest BCUT2D eigenvalue weighted by molar-refractivity contribution is -0.659. The highest BCUT2D eigenvalue weighted by molar-refractivity contribution is 6.31. The number of benzene rings is 2. The van der Waals surface area contributed by atoms with Crippen LogP contribution in [0.5, 0.6) is 0 Å². The van der Waals surface area contributed by atoms with Gasteiger partial charge in [-0.2, -0.15) is 18.6 Å². The molecule has 6 aromatic rings. The summed E-state index contributed by atoms with van der Waals surface area (Å²) in [5.74, 6) is -0.677. The summed E-state index contributed by atoms with van der Waals surface area (Å²) in [5, 5.41) is 29.5. The van der Waals surface area contributed by atoms with Gasteiger partial charge in [0.2, 0.25) is 0 Å². The van der Waals surface area contributed by atoms with Gasteiger partial charge in [0, 0.05) is 23.5 Å². The summed E-state index contributed by atoms with van der Waals surface area (Å²) in [6, 6.07) is 14.2. The van der Waals surface area contributed by atoms with E-state index >= 15 is 4.39 Å². The number of nitrogens with one attached hydrogen (secondary N) is 1. The number of rotatable bonds is 8. The predicted octanol–water partition coefficient (Wildman–Crippen LogP) is 5.37. The minimum Gasteiger partial charge on any atom is -0.386 e. The van der Waals surface area contributed by atoms with Crippen molar-refractivity contribution in [1.29, 1.82) is 0 Å². The van der Waals surface area contributed by atoms with E-state index in [0.717, 1.165) is 0 Å². The fraction of sp³-hybridized carbons (Fsp3) is 0.111. The maximum atomic E-state index is 15.4. The Morgan fingerprint density at radius 1 is 0.952 bits per heavy atom. The molecule has 6 rings (SSSR count). The molecule has 0 amide bonds.